The second kappa shape index (κ2) is 8.13. The molecule has 1 heterocycles. The van der Waals surface area contributed by atoms with E-state index in [1.54, 1.807) is 31.2 Å². The molecule has 1 aromatic rings. The topological polar surface area (TPSA) is 104 Å². The van der Waals surface area contributed by atoms with Gasteiger partial charge in [-0.05, 0) is 18.6 Å². The first-order chi connectivity index (χ1) is 11.8. The van der Waals surface area contributed by atoms with Gasteiger partial charge in [0.05, 0.1) is 4.91 Å². The Morgan fingerprint density at radius 1 is 1.36 bits per heavy atom. The zero-order valence-electron chi connectivity index (χ0n) is 13.2. The fourth-order valence-electron chi connectivity index (χ4n) is 2.08. The van der Waals surface area contributed by atoms with Gasteiger partial charge in [-0.2, -0.15) is 0 Å². The van der Waals surface area contributed by atoms with Crippen LogP contribution in [-0.4, -0.2) is 49.9 Å². The van der Waals surface area contributed by atoms with Crippen molar-refractivity contribution in [3.05, 3.63) is 34.7 Å². The van der Waals surface area contributed by atoms with Gasteiger partial charge in [0.25, 0.3) is 5.91 Å². The lowest BCUT2D eigenvalue weighted by Gasteiger charge is -2.15. The number of thioether (sulfide) groups is 1. The number of nitrogens with zero attached hydrogens (tertiary/aromatic N) is 1. The van der Waals surface area contributed by atoms with Gasteiger partial charge in [-0.3, -0.25) is 14.5 Å². The number of rotatable bonds is 7. The predicted octanol–water partition coefficient (Wildman–Crippen LogP) is 2.21. The van der Waals surface area contributed by atoms with Gasteiger partial charge in [0.15, 0.2) is 6.10 Å². The predicted molar refractivity (Wildman–Crippen MR) is 96.3 cm³/mol. The first-order valence-electron chi connectivity index (χ1n) is 7.29. The standard InChI is InChI=1S/C16H15NO6S2/c1-2-10(15(21)22)23-11-6-4-3-5-9(11)7-12-14(20)17(8-13(18)19)16(24)25-12/h3-7,10H,2,8H2,1H3,(H,18,19)(H,21,22)/b12-7-. The molecule has 1 aliphatic heterocycles. The summed E-state index contributed by atoms with van der Waals surface area (Å²) >= 11 is 6.03. The lowest BCUT2D eigenvalue weighted by atomic mass is 10.1. The van der Waals surface area contributed by atoms with Crippen molar-refractivity contribution in [1.82, 2.24) is 4.90 Å². The fourth-order valence-corrected chi connectivity index (χ4v) is 3.33. The Kier molecular flexibility index (Phi) is 6.16. The molecule has 0 radical (unpaired) electrons. The molecule has 2 N–H and O–H groups in total. The molecule has 25 heavy (non-hydrogen) atoms. The molecule has 1 saturated heterocycles. The van der Waals surface area contributed by atoms with Crippen molar-refractivity contribution in [2.45, 2.75) is 19.4 Å². The zero-order chi connectivity index (χ0) is 18.6. The highest BCUT2D eigenvalue weighted by molar-refractivity contribution is 8.26. The molecule has 7 nitrogen and oxygen atoms in total. The Morgan fingerprint density at radius 2 is 2.04 bits per heavy atom. The van der Waals surface area contributed by atoms with E-state index in [1.807, 2.05) is 0 Å². The van der Waals surface area contributed by atoms with Gasteiger partial charge in [-0.15, -0.1) is 0 Å². The van der Waals surface area contributed by atoms with Gasteiger partial charge >= 0.3 is 11.9 Å². The van der Waals surface area contributed by atoms with Crippen LogP contribution in [0.4, 0.5) is 0 Å². The monoisotopic (exact) mass is 381 g/mol. The molecule has 0 aliphatic carbocycles. The first-order valence-corrected chi connectivity index (χ1v) is 8.51. The number of carbonyl (C=O) groups excluding carboxylic acids is 1. The Bertz CT molecular complexity index is 761. The number of ether oxygens (including phenoxy) is 1. The molecule has 0 aromatic heterocycles. The number of carboxylic acids is 2. The van der Waals surface area contributed by atoms with Crippen molar-refractivity contribution in [2.24, 2.45) is 0 Å². The van der Waals surface area contributed by atoms with E-state index in [1.165, 1.54) is 6.08 Å². The summed E-state index contributed by atoms with van der Waals surface area (Å²) in [4.78, 5) is 35.5. The molecule has 1 amide bonds. The second-order valence-corrected chi connectivity index (χ2v) is 6.73. The molecule has 1 atom stereocenters. The molecule has 0 spiro atoms. The maximum absolute atomic E-state index is 12.3. The molecule has 1 fully saturated rings. The average molecular weight is 381 g/mol. The summed E-state index contributed by atoms with van der Waals surface area (Å²) in [6.07, 6.45) is 0.797. The van der Waals surface area contributed by atoms with Crippen LogP contribution in [0.2, 0.25) is 0 Å². The van der Waals surface area contributed by atoms with Gasteiger partial charge < -0.3 is 14.9 Å². The van der Waals surface area contributed by atoms with Gasteiger partial charge in [0, 0.05) is 5.56 Å². The molecule has 9 heteroatoms. The largest absolute Gasteiger partial charge is 0.480 e. The number of benzene rings is 1. The minimum atomic E-state index is -1.16. The summed E-state index contributed by atoms with van der Waals surface area (Å²) in [5.74, 6) is -2.42. The van der Waals surface area contributed by atoms with Gasteiger partial charge in [-0.1, -0.05) is 49.1 Å². The maximum atomic E-state index is 12.3. The summed E-state index contributed by atoms with van der Waals surface area (Å²) in [6.45, 7) is 1.19. The van der Waals surface area contributed by atoms with Crippen LogP contribution in [0.15, 0.2) is 29.2 Å². The number of hydrogen-bond donors (Lipinski definition) is 2. The van der Waals surface area contributed by atoms with E-state index in [0.717, 1.165) is 16.7 Å². The van der Waals surface area contributed by atoms with E-state index in [4.69, 9.17) is 27.2 Å². The van der Waals surface area contributed by atoms with Crippen LogP contribution in [0.25, 0.3) is 6.08 Å². The number of amides is 1. The van der Waals surface area contributed by atoms with Gasteiger partial charge in [-0.25, -0.2) is 4.79 Å². The smallest absolute Gasteiger partial charge is 0.344 e. The van der Waals surface area contributed by atoms with Crippen LogP contribution in [-0.2, 0) is 14.4 Å². The van der Waals surface area contributed by atoms with Crippen LogP contribution in [0, 0.1) is 0 Å². The van der Waals surface area contributed by atoms with E-state index in [9.17, 15) is 14.4 Å². The SMILES string of the molecule is CCC(Oc1ccccc1/C=C1\SC(=S)N(CC(=O)O)C1=O)C(=O)O. The van der Waals surface area contributed by atoms with E-state index in [-0.39, 0.29) is 15.6 Å². The highest BCUT2D eigenvalue weighted by atomic mass is 32.2. The number of para-hydroxylation sites is 1. The summed E-state index contributed by atoms with van der Waals surface area (Å²) in [6, 6.07) is 6.69. The minimum Gasteiger partial charge on any atom is -0.480 e. The quantitative estimate of drug-likeness (QED) is 0.547. The Morgan fingerprint density at radius 3 is 2.64 bits per heavy atom. The molecule has 132 valence electrons. The van der Waals surface area contributed by atoms with Crippen LogP contribution in [0.5, 0.6) is 5.75 Å². The Hall–Kier alpha value is -2.39. The summed E-state index contributed by atoms with van der Waals surface area (Å²) in [5, 5.41) is 18.0. The number of carbonyl (C=O) groups is 3. The van der Waals surface area contributed by atoms with Gasteiger partial charge in [0.2, 0.25) is 0 Å². The zero-order valence-corrected chi connectivity index (χ0v) is 14.8. The molecule has 1 unspecified atom stereocenters. The van der Waals surface area contributed by atoms with E-state index in [2.05, 4.69) is 0 Å². The number of thiocarbonyl (C=S) groups is 1. The number of hydrogen-bond acceptors (Lipinski definition) is 6. The third kappa shape index (κ3) is 4.58. The van der Waals surface area contributed by atoms with Crippen LogP contribution >= 0.6 is 24.0 Å². The molecular formula is C16H15NO6S2. The summed E-state index contributed by atoms with van der Waals surface area (Å²) < 4.78 is 5.68. The first kappa shape index (κ1) is 18.9. The minimum absolute atomic E-state index is 0.161. The van der Waals surface area contributed by atoms with Gasteiger partial charge in [0.1, 0.15) is 16.6 Å². The molecular weight excluding hydrogens is 366 g/mol. The molecule has 0 bridgehead atoms. The van der Waals surface area contributed by atoms with E-state index in [0.29, 0.717) is 11.3 Å². The second-order valence-electron chi connectivity index (χ2n) is 5.05. The molecule has 1 aliphatic rings. The van der Waals surface area contributed by atoms with Crippen molar-refractivity contribution in [1.29, 1.82) is 0 Å². The average Bonchev–Trinajstić information content (AvgIpc) is 2.80. The molecule has 0 saturated carbocycles. The fraction of sp³-hybridized carbons (Fsp3) is 0.250. The van der Waals surface area contributed by atoms with Crippen LogP contribution < -0.4 is 4.74 Å². The summed E-state index contributed by atoms with van der Waals surface area (Å²) in [5.41, 5.74) is 0.512. The number of aliphatic carboxylic acids is 2. The van der Waals surface area contributed by atoms with Crippen LogP contribution in [0.3, 0.4) is 0 Å². The van der Waals surface area contributed by atoms with Crippen molar-refractivity contribution in [2.75, 3.05) is 6.54 Å². The third-order valence-electron chi connectivity index (χ3n) is 3.29. The highest BCUT2D eigenvalue weighted by Gasteiger charge is 2.33. The Labute approximate surface area is 153 Å². The lowest BCUT2D eigenvalue weighted by molar-refractivity contribution is -0.145. The summed E-state index contributed by atoms with van der Waals surface area (Å²) in [7, 11) is 0. The Balaban J connectivity index is 2.29. The van der Waals surface area contributed by atoms with E-state index < -0.39 is 30.5 Å². The lowest BCUT2D eigenvalue weighted by Crippen LogP contribution is -2.33. The third-order valence-corrected chi connectivity index (χ3v) is 4.67. The van der Waals surface area contributed by atoms with E-state index >= 15 is 0 Å². The van der Waals surface area contributed by atoms with Crippen molar-refractivity contribution in [3.63, 3.8) is 0 Å². The molecule has 1 aromatic carbocycles. The van der Waals surface area contributed by atoms with Crippen molar-refractivity contribution in [3.8, 4) is 5.75 Å². The normalized spacial score (nSPS) is 17.0. The number of carboxylic acid groups (broad SMARTS) is 2. The maximum Gasteiger partial charge on any atom is 0.344 e. The van der Waals surface area contributed by atoms with Crippen molar-refractivity contribution >= 4 is 52.2 Å². The van der Waals surface area contributed by atoms with Crippen LogP contribution in [0.1, 0.15) is 18.9 Å². The van der Waals surface area contributed by atoms with Crippen molar-refractivity contribution < 1.29 is 29.3 Å². The highest BCUT2D eigenvalue weighted by Crippen LogP contribution is 2.34. The molecule has 2 rings (SSSR count).